The van der Waals surface area contributed by atoms with E-state index in [4.69, 9.17) is 4.74 Å². The van der Waals surface area contributed by atoms with E-state index in [1.54, 1.807) is 24.1 Å². The van der Waals surface area contributed by atoms with Gasteiger partial charge in [-0.25, -0.2) is 0 Å². The molecule has 1 aliphatic rings. The van der Waals surface area contributed by atoms with Crippen LogP contribution >= 0.6 is 0 Å². The number of nitrogens with zero attached hydrogens (tertiary/aromatic N) is 2. The Morgan fingerprint density at radius 3 is 2.42 bits per heavy atom. The first-order valence-corrected chi connectivity index (χ1v) is 8.01. The molecule has 2 amide bonds. The lowest BCUT2D eigenvalue weighted by molar-refractivity contribution is -0.132. The molecule has 0 bridgehead atoms. The predicted molar refractivity (Wildman–Crippen MR) is 90.0 cm³/mol. The Hall–Kier alpha value is -2.76. The molecule has 1 aromatic heterocycles. The quantitative estimate of drug-likeness (QED) is 0.926. The van der Waals surface area contributed by atoms with Crippen molar-refractivity contribution in [1.82, 2.24) is 14.8 Å². The summed E-state index contributed by atoms with van der Waals surface area (Å²) in [5.74, 6) is 0.610. The Morgan fingerprint density at radius 2 is 1.75 bits per heavy atom. The van der Waals surface area contributed by atoms with Gasteiger partial charge >= 0.3 is 0 Å². The minimum atomic E-state index is -0.0519. The summed E-state index contributed by atoms with van der Waals surface area (Å²) < 4.78 is 5.26. The smallest absolute Gasteiger partial charge is 0.257 e. The van der Waals surface area contributed by atoms with Gasteiger partial charge in [-0.05, 0) is 24.3 Å². The summed E-state index contributed by atoms with van der Waals surface area (Å²) in [7, 11) is 1.56. The van der Waals surface area contributed by atoms with Crippen molar-refractivity contribution in [2.24, 2.45) is 0 Å². The highest BCUT2D eigenvalue weighted by Crippen LogP contribution is 2.20. The number of aromatic amines is 1. The van der Waals surface area contributed by atoms with Crippen molar-refractivity contribution in [3.8, 4) is 5.75 Å². The standard InChI is InChI=1S/C18H21N3O3/c1-24-16-7-3-2-6-15(16)18(23)21-11-9-20(10-12-21)17(22)13-14-5-4-8-19-14/h2-8,19H,9-13H2,1H3. The molecule has 2 aromatic rings. The Labute approximate surface area is 141 Å². The zero-order valence-corrected chi connectivity index (χ0v) is 13.7. The summed E-state index contributed by atoms with van der Waals surface area (Å²) in [6.45, 7) is 2.18. The number of carbonyl (C=O) groups is 2. The molecule has 0 saturated carbocycles. The third kappa shape index (κ3) is 3.42. The summed E-state index contributed by atoms with van der Waals surface area (Å²) in [4.78, 5) is 31.6. The molecule has 0 unspecified atom stereocenters. The SMILES string of the molecule is COc1ccccc1C(=O)N1CCN(C(=O)Cc2ccc[nH]2)CC1. The maximum atomic E-state index is 12.6. The number of benzene rings is 1. The molecule has 0 radical (unpaired) electrons. The van der Waals surface area contributed by atoms with Crippen molar-refractivity contribution in [2.45, 2.75) is 6.42 Å². The van der Waals surface area contributed by atoms with Crippen LogP contribution in [0.25, 0.3) is 0 Å². The van der Waals surface area contributed by atoms with Crippen molar-refractivity contribution in [3.05, 3.63) is 53.9 Å². The van der Waals surface area contributed by atoms with Gasteiger partial charge in [0.05, 0.1) is 19.1 Å². The molecule has 0 atom stereocenters. The number of aromatic nitrogens is 1. The third-order valence-electron chi connectivity index (χ3n) is 4.26. The number of hydrogen-bond acceptors (Lipinski definition) is 3. The van der Waals surface area contributed by atoms with Crippen molar-refractivity contribution in [1.29, 1.82) is 0 Å². The number of nitrogens with one attached hydrogen (secondary N) is 1. The van der Waals surface area contributed by atoms with Crippen LogP contribution in [-0.4, -0.2) is 59.9 Å². The average molecular weight is 327 g/mol. The van der Waals surface area contributed by atoms with Crippen LogP contribution in [0.1, 0.15) is 16.1 Å². The zero-order chi connectivity index (χ0) is 16.9. The first kappa shape index (κ1) is 16.1. The van der Waals surface area contributed by atoms with E-state index in [2.05, 4.69) is 4.98 Å². The van der Waals surface area contributed by atoms with E-state index in [9.17, 15) is 9.59 Å². The maximum Gasteiger partial charge on any atom is 0.257 e. The molecule has 1 N–H and O–H groups in total. The Morgan fingerprint density at radius 1 is 1.04 bits per heavy atom. The number of hydrogen-bond donors (Lipinski definition) is 1. The monoisotopic (exact) mass is 327 g/mol. The molecule has 1 aromatic carbocycles. The van der Waals surface area contributed by atoms with Crippen LogP contribution in [0.4, 0.5) is 0 Å². The normalized spacial score (nSPS) is 14.5. The van der Waals surface area contributed by atoms with Gasteiger partial charge < -0.3 is 19.5 Å². The van der Waals surface area contributed by atoms with Crippen molar-refractivity contribution in [3.63, 3.8) is 0 Å². The summed E-state index contributed by atoms with van der Waals surface area (Å²) >= 11 is 0. The van der Waals surface area contributed by atoms with Gasteiger partial charge in [-0.15, -0.1) is 0 Å². The molecule has 1 aliphatic heterocycles. The second-order valence-corrected chi connectivity index (χ2v) is 5.75. The largest absolute Gasteiger partial charge is 0.496 e. The molecule has 24 heavy (non-hydrogen) atoms. The highest BCUT2D eigenvalue weighted by molar-refractivity contribution is 5.97. The summed E-state index contributed by atoms with van der Waals surface area (Å²) in [6.07, 6.45) is 2.18. The highest BCUT2D eigenvalue weighted by Gasteiger charge is 2.26. The molecule has 0 aliphatic carbocycles. The van der Waals surface area contributed by atoms with Crippen LogP contribution < -0.4 is 4.74 Å². The van der Waals surface area contributed by atoms with E-state index in [0.29, 0.717) is 43.9 Å². The fraction of sp³-hybridized carbons (Fsp3) is 0.333. The first-order chi connectivity index (χ1) is 11.7. The van der Waals surface area contributed by atoms with Crippen molar-refractivity contribution in [2.75, 3.05) is 33.3 Å². The van der Waals surface area contributed by atoms with Gasteiger partial charge in [0.15, 0.2) is 0 Å². The Bertz CT molecular complexity index is 704. The number of piperazine rings is 1. The molecule has 2 heterocycles. The first-order valence-electron chi connectivity index (χ1n) is 8.01. The van der Waals surface area contributed by atoms with Crippen LogP contribution in [0.2, 0.25) is 0 Å². The topological polar surface area (TPSA) is 65.6 Å². The third-order valence-corrected chi connectivity index (χ3v) is 4.26. The number of carbonyl (C=O) groups excluding carboxylic acids is 2. The number of rotatable bonds is 4. The molecule has 6 nitrogen and oxygen atoms in total. The fourth-order valence-electron chi connectivity index (χ4n) is 2.90. The lowest BCUT2D eigenvalue weighted by atomic mass is 10.1. The second-order valence-electron chi connectivity index (χ2n) is 5.75. The minimum absolute atomic E-state index is 0.0519. The van der Waals surface area contributed by atoms with Gasteiger partial charge in [0.1, 0.15) is 5.75 Å². The number of para-hydroxylation sites is 1. The van der Waals surface area contributed by atoms with Gasteiger partial charge in [0, 0.05) is 38.1 Å². The van der Waals surface area contributed by atoms with Gasteiger partial charge in [0.25, 0.3) is 5.91 Å². The number of H-pyrrole nitrogens is 1. The van der Waals surface area contributed by atoms with Crippen LogP contribution in [0.3, 0.4) is 0 Å². The Balaban J connectivity index is 1.58. The van der Waals surface area contributed by atoms with Crippen LogP contribution in [0.5, 0.6) is 5.75 Å². The summed E-state index contributed by atoms with van der Waals surface area (Å²) in [6, 6.07) is 11.0. The molecule has 1 saturated heterocycles. The lowest BCUT2D eigenvalue weighted by Crippen LogP contribution is -2.51. The van der Waals surface area contributed by atoms with Crippen molar-refractivity contribution >= 4 is 11.8 Å². The van der Waals surface area contributed by atoms with Crippen LogP contribution in [0.15, 0.2) is 42.6 Å². The van der Waals surface area contributed by atoms with E-state index < -0.39 is 0 Å². The summed E-state index contributed by atoms with van der Waals surface area (Å²) in [5, 5.41) is 0. The van der Waals surface area contributed by atoms with Gasteiger partial charge in [-0.3, -0.25) is 9.59 Å². The number of ether oxygens (including phenoxy) is 1. The van der Waals surface area contributed by atoms with Crippen LogP contribution in [-0.2, 0) is 11.2 Å². The number of methoxy groups -OCH3 is 1. The molecule has 0 spiro atoms. The predicted octanol–water partition coefficient (Wildman–Crippen LogP) is 1.55. The average Bonchev–Trinajstić information content (AvgIpc) is 3.14. The lowest BCUT2D eigenvalue weighted by Gasteiger charge is -2.35. The van der Waals surface area contributed by atoms with Crippen molar-refractivity contribution < 1.29 is 14.3 Å². The van der Waals surface area contributed by atoms with E-state index in [0.717, 1.165) is 5.69 Å². The van der Waals surface area contributed by atoms with E-state index >= 15 is 0 Å². The highest BCUT2D eigenvalue weighted by atomic mass is 16.5. The van der Waals surface area contributed by atoms with E-state index in [1.165, 1.54) is 0 Å². The zero-order valence-electron chi connectivity index (χ0n) is 13.7. The molecular formula is C18H21N3O3. The molecule has 6 heteroatoms. The van der Waals surface area contributed by atoms with E-state index in [-0.39, 0.29) is 11.8 Å². The molecule has 126 valence electrons. The van der Waals surface area contributed by atoms with Gasteiger partial charge in [-0.1, -0.05) is 12.1 Å². The van der Waals surface area contributed by atoms with Gasteiger partial charge in [0.2, 0.25) is 5.91 Å². The van der Waals surface area contributed by atoms with E-state index in [1.807, 2.05) is 35.4 Å². The maximum absolute atomic E-state index is 12.6. The second kappa shape index (κ2) is 7.21. The summed E-state index contributed by atoms with van der Waals surface area (Å²) in [5.41, 5.74) is 1.47. The minimum Gasteiger partial charge on any atom is -0.496 e. The molecule has 3 rings (SSSR count). The number of amides is 2. The van der Waals surface area contributed by atoms with Gasteiger partial charge in [-0.2, -0.15) is 0 Å². The molecule has 1 fully saturated rings. The van der Waals surface area contributed by atoms with Crippen LogP contribution in [0, 0.1) is 0 Å². The fourth-order valence-corrected chi connectivity index (χ4v) is 2.90. The Kier molecular flexibility index (Phi) is 4.84. The molecular weight excluding hydrogens is 306 g/mol.